The van der Waals surface area contributed by atoms with E-state index in [2.05, 4.69) is 18.0 Å². The third kappa shape index (κ3) is 3.42. The fourth-order valence-electron chi connectivity index (χ4n) is 1.48. The molecule has 0 aromatic rings. The van der Waals surface area contributed by atoms with E-state index < -0.39 is 0 Å². The summed E-state index contributed by atoms with van der Waals surface area (Å²) in [6.07, 6.45) is 6.59. The predicted octanol–water partition coefficient (Wildman–Crippen LogP) is 1.21. The second kappa shape index (κ2) is 5.05. The maximum absolute atomic E-state index is 9.16. The molecular formula is C11H20N2O. The largest absolute Gasteiger partial charge is 0.402 e. The van der Waals surface area contributed by atoms with Crippen LogP contribution >= 0.6 is 0 Å². The standard InChI is InChI=1S/C11H20N2O/c1-9(14)7-8-13(2)11-5-3-10(12)4-6-11/h3,5,9,14H,4,6-8,12H2,1-2H3. The van der Waals surface area contributed by atoms with Crippen molar-refractivity contribution in [3.8, 4) is 0 Å². The normalized spacial score (nSPS) is 18.5. The van der Waals surface area contributed by atoms with E-state index in [1.165, 1.54) is 5.70 Å². The number of allylic oxidation sites excluding steroid dienone is 4. The van der Waals surface area contributed by atoms with Crippen LogP contribution in [0, 0.1) is 0 Å². The van der Waals surface area contributed by atoms with Crippen molar-refractivity contribution in [1.82, 2.24) is 4.90 Å². The van der Waals surface area contributed by atoms with Gasteiger partial charge in [0.15, 0.2) is 0 Å². The minimum atomic E-state index is -0.220. The Labute approximate surface area is 85.9 Å². The molecule has 3 N–H and O–H groups in total. The molecule has 0 amide bonds. The van der Waals surface area contributed by atoms with E-state index in [0.717, 1.165) is 31.5 Å². The Balaban J connectivity index is 2.41. The SMILES string of the molecule is CC(O)CCN(C)C1=CC=C(N)CC1. The lowest BCUT2D eigenvalue weighted by molar-refractivity contribution is 0.170. The monoisotopic (exact) mass is 196 g/mol. The van der Waals surface area contributed by atoms with E-state index in [-0.39, 0.29) is 6.10 Å². The van der Waals surface area contributed by atoms with Crippen LogP contribution in [-0.4, -0.2) is 29.7 Å². The molecule has 1 aliphatic rings. The summed E-state index contributed by atoms with van der Waals surface area (Å²) in [4.78, 5) is 2.19. The Morgan fingerprint density at radius 3 is 2.71 bits per heavy atom. The van der Waals surface area contributed by atoms with E-state index >= 15 is 0 Å². The van der Waals surface area contributed by atoms with Gasteiger partial charge in [-0.3, -0.25) is 0 Å². The first-order chi connectivity index (χ1) is 6.59. The number of aliphatic hydroxyl groups is 1. The van der Waals surface area contributed by atoms with Gasteiger partial charge >= 0.3 is 0 Å². The fourth-order valence-corrected chi connectivity index (χ4v) is 1.48. The molecule has 1 aliphatic carbocycles. The van der Waals surface area contributed by atoms with Crippen LogP contribution in [0.1, 0.15) is 26.2 Å². The van der Waals surface area contributed by atoms with Crippen LogP contribution in [0.25, 0.3) is 0 Å². The molecule has 0 spiro atoms. The molecule has 1 rings (SSSR count). The predicted molar refractivity (Wildman–Crippen MR) is 58.5 cm³/mol. The first-order valence-corrected chi connectivity index (χ1v) is 5.14. The highest BCUT2D eigenvalue weighted by Gasteiger charge is 2.08. The molecule has 0 aliphatic heterocycles. The van der Waals surface area contributed by atoms with Gasteiger partial charge in [-0.25, -0.2) is 0 Å². The molecule has 0 saturated carbocycles. The van der Waals surface area contributed by atoms with Crippen molar-refractivity contribution in [3.63, 3.8) is 0 Å². The van der Waals surface area contributed by atoms with Gasteiger partial charge in [0.1, 0.15) is 0 Å². The molecule has 1 atom stereocenters. The van der Waals surface area contributed by atoms with Crippen LogP contribution in [0.15, 0.2) is 23.5 Å². The maximum atomic E-state index is 9.16. The van der Waals surface area contributed by atoms with Crippen LogP contribution < -0.4 is 5.73 Å². The molecular weight excluding hydrogens is 176 g/mol. The Morgan fingerprint density at radius 1 is 1.50 bits per heavy atom. The van der Waals surface area contributed by atoms with Gasteiger partial charge in [0.25, 0.3) is 0 Å². The van der Waals surface area contributed by atoms with Crippen LogP contribution in [-0.2, 0) is 0 Å². The smallest absolute Gasteiger partial charge is 0.0528 e. The van der Waals surface area contributed by atoms with Gasteiger partial charge in [-0.1, -0.05) is 0 Å². The third-order valence-corrected chi connectivity index (χ3v) is 2.53. The zero-order valence-corrected chi connectivity index (χ0v) is 9.03. The highest BCUT2D eigenvalue weighted by Crippen LogP contribution is 2.17. The van der Waals surface area contributed by atoms with E-state index in [1.54, 1.807) is 0 Å². The lowest BCUT2D eigenvalue weighted by Gasteiger charge is -2.25. The number of rotatable bonds is 4. The molecule has 0 aromatic carbocycles. The molecule has 0 aromatic heterocycles. The van der Waals surface area contributed by atoms with E-state index in [4.69, 9.17) is 10.8 Å². The zero-order valence-electron chi connectivity index (χ0n) is 9.03. The molecule has 3 heteroatoms. The molecule has 0 saturated heterocycles. The van der Waals surface area contributed by atoms with Crippen molar-refractivity contribution in [2.75, 3.05) is 13.6 Å². The van der Waals surface area contributed by atoms with Crippen molar-refractivity contribution in [2.24, 2.45) is 5.73 Å². The highest BCUT2D eigenvalue weighted by molar-refractivity contribution is 5.21. The molecule has 0 heterocycles. The third-order valence-electron chi connectivity index (χ3n) is 2.53. The van der Waals surface area contributed by atoms with Gasteiger partial charge in [-0.15, -0.1) is 0 Å². The van der Waals surface area contributed by atoms with E-state index in [9.17, 15) is 0 Å². The Kier molecular flexibility index (Phi) is 4.01. The van der Waals surface area contributed by atoms with Gasteiger partial charge in [0, 0.05) is 25.0 Å². The molecule has 14 heavy (non-hydrogen) atoms. The van der Waals surface area contributed by atoms with Crippen molar-refractivity contribution < 1.29 is 5.11 Å². The van der Waals surface area contributed by atoms with Crippen LogP contribution in [0.2, 0.25) is 0 Å². The quantitative estimate of drug-likeness (QED) is 0.710. The lowest BCUT2D eigenvalue weighted by atomic mass is 10.1. The number of nitrogens with zero attached hydrogens (tertiary/aromatic N) is 1. The first-order valence-electron chi connectivity index (χ1n) is 5.14. The van der Waals surface area contributed by atoms with Gasteiger partial charge in [0.2, 0.25) is 0 Å². The minimum absolute atomic E-state index is 0.220. The van der Waals surface area contributed by atoms with Gasteiger partial charge in [-0.05, 0) is 38.3 Å². The molecule has 0 radical (unpaired) electrons. The van der Waals surface area contributed by atoms with Gasteiger partial charge in [0.05, 0.1) is 6.10 Å². The molecule has 1 unspecified atom stereocenters. The van der Waals surface area contributed by atoms with Crippen molar-refractivity contribution >= 4 is 0 Å². The zero-order chi connectivity index (χ0) is 10.6. The summed E-state index contributed by atoms with van der Waals surface area (Å²) in [6, 6.07) is 0. The van der Waals surface area contributed by atoms with Gasteiger partial charge < -0.3 is 15.7 Å². The van der Waals surface area contributed by atoms with Crippen molar-refractivity contribution in [3.05, 3.63) is 23.5 Å². The number of hydrogen-bond donors (Lipinski definition) is 2. The van der Waals surface area contributed by atoms with E-state index in [1.807, 2.05) is 13.0 Å². The second-order valence-electron chi connectivity index (χ2n) is 3.96. The number of nitrogens with two attached hydrogens (primary N) is 1. The summed E-state index contributed by atoms with van der Waals surface area (Å²) in [5, 5.41) is 9.16. The number of aliphatic hydroxyl groups excluding tert-OH is 1. The Bertz CT molecular complexity index is 244. The average molecular weight is 196 g/mol. The lowest BCUT2D eigenvalue weighted by Crippen LogP contribution is -2.23. The topological polar surface area (TPSA) is 49.5 Å². The molecule has 3 nitrogen and oxygen atoms in total. The summed E-state index contributed by atoms with van der Waals surface area (Å²) in [7, 11) is 2.06. The first kappa shape index (κ1) is 11.1. The summed E-state index contributed by atoms with van der Waals surface area (Å²) in [6.45, 7) is 2.72. The second-order valence-corrected chi connectivity index (χ2v) is 3.96. The number of hydrogen-bond acceptors (Lipinski definition) is 3. The molecule has 80 valence electrons. The molecule has 0 bridgehead atoms. The Morgan fingerprint density at radius 2 is 2.21 bits per heavy atom. The fraction of sp³-hybridized carbons (Fsp3) is 0.636. The summed E-state index contributed by atoms with van der Waals surface area (Å²) < 4.78 is 0. The van der Waals surface area contributed by atoms with Crippen molar-refractivity contribution in [1.29, 1.82) is 0 Å². The van der Waals surface area contributed by atoms with Crippen LogP contribution in [0.4, 0.5) is 0 Å². The summed E-state index contributed by atoms with van der Waals surface area (Å²) in [5.74, 6) is 0. The van der Waals surface area contributed by atoms with Crippen molar-refractivity contribution in [2.45, 2.75) is 32.3 Å². The Hall–Kier alpha value is -0.960. The minimum Gasteiger partial charge on any atom is -0.402 e. The maximum Gasteiger partial charge on any atom is 0.0528 e. The van der Waals surface area contributed by atoms with E-state index in [0.29, 0.717) is 0 Å². The highest BCUT2D eigenvalue weighted by atomic mass is 16.3. The van der Waals surface area contributed by atoms with Gasteiger partial charge in [-0.2, -0.15) is 0 Å². The van der Waals surface area contributed by atoms with Crippen LogP contribution in [0.5, 0.6) is 0 Å². The molecule has 0 fully saturated rings. The summed E-state index contributed by atoms with van der Waals surface area (Å²) in [5.41, 5.74) is 7.94. The summed E-state index contributed by atoms with van der Waals surface area (Å²) >= 11 is 0. The average Bonchev–Trinajstić information content (AvgIpc) is 2.15. The van der Waals surface area contributed by atoms with Crippen LogP contribution in [0.3, 0.4) is 0 Å².